The lowest BCUT2D eigenvalue weighted by Gasteiger charge is -2.44. The van der Waals surface area contributed by atoms with Crippen molar-refractivity contribution in [3.05, 3.63) is 24.8 Å². The van der Waals surface area contributed by atoms with Crippen LogP contribution in [-0.4, -0.2) is 50.3 Å². The van der Waals surface area contributed by atoms with Crippen molar-refractivity contribution in [2.45, 2.75) is 252 Å². The summed E-state index contributed by atoms with van der Waals surface area (Å²) in [5, 5.41) is 0. The first-order chi connectivity index (χ1) is 36.6. The lowest BCUT2D eigenvalue weighted by Crippen LogP contribution is -2.35. The van der Waals surface area contributed by atoms with Gasteiger partial charge in [-0.15, -0.1) is 0 Å². The SMILES string of the molecule is C=CC(=O)OCC1C[C@@H]2C3CC(COC(=O)CCCCCCCC4C(CCCCCCCC(=O)OCC5CC6CC5[C@@H]5CC(COC(=O)C(=C)C)C[C@H]65)CCC(CCCCCCCC)C4CCCCCC)C(C3)[C@@H]2C1. The number of carbonyl (C=O) groups excluding carboxylic acids is 4. The van der Waals surface area contributed by atoms with E-state index in [0.29, 0.717) is 92.2 Å². The van der Waals surface area contributed by atoms with E-state index < -0.39 is 0 Å². The second-order valence-corrected chi connectivity index (χ2v) is 26.7. The largest absolute Gasteiger partial charge is 0.465 e. The van der Waals surface area contributed by atoms with Crippen molar-refractivity contribution in [2.75, 3.05) is 26.4 Å². The standard InChI is InChI=1S/C67H110O8/c1-6-9-11-13-16-21-27-50-33-34-51(28-22-17-14-19-25-31-65(69)74-46-55-40-53-42-61(55)63-38-49(36-59(53)63)44-75-67(71)47(4)5)57(56(50)29-23-12-10-7-2)30-24-18-15-20-26-32-66(70)73-45-54-39-52-41-60(54)62-37-48(35-58(52)62)43-72-64(68)8-3/h8,48-63H,3-4,6-7,9-46H2,1-2,5H3/t48?,49?,50?,51?,52?,53?,54?,55?,56?,57?,58-,59-,60?,61?,62-,63-/m1/s1. The van der Waals surface area contributed by atoms with Crippen LogP contribution in [0.15, 0.2) is 24.8 Å². The summed E-state index contributed by atoms with van der Waals surface area (Å²) < 4.78 is 22.9. The molecule has 7 aliphatic rings. The maximum Gasteiger partial charge on any atom is 0.333 e. The fourth-order valence-corrected chi connectivity index (χ4v) is 18.0. The van der Waals surface area contributed by atoms with Crippen LogP contribution in [0.4, 0.5) is 0 Å². The number of esters is 4. The quantitative estimate of drug-likeness (QED) is 0.0261. The van der Waals surface area contributed by atoms with Gasteiger partial charge in [0.2, 0.25) is 0 Å². The van der Waals surface area contributed by atoms with Gasteiger partial charge in [0.1, 0.15) is 0 Å². The van der Waals surface area contributed by atoms with Gasteiger partial charge >= 0.3 is 23.9 Å². The smallest absolute Gasteiger partial charge is 0.333 e. The van der Waals surface area contributed by atoms with E-state index in [1.54, 1.807) is 6.92 Å². The number of rotatable bonds is 38. The van der Waals surface area contributed by atoms with Crippen LogP contribution in [0, 0.1) is 94.7 Å². The third kappa shape index (κ3) is 17.9. The molecular formula is C67H110O8. The van der Waals surface area contributed by atoms with Gasteiger partial charge in [-0.1, -0.05) is 155 Å². The Morgan fingerprint density at radius 3 is 1.28 bits per heavy atom. The minimum absolute atomic E-state index is 0.00444. The maximum atomic E-state index is 13.0. The number of fused-ring (bicyclic) bond motifs is 10. The number of carbonyl (C=O) groups is 4. The molecule has 7 fully saturated rings. The topological polar surface area (TPSA) is 105 Å². The van der Waals surface area contributed by atoms with Gasteiger partial charge in [0, 0.05) is 24.5 Å². The van der Waals surface area contributed by atoms with Crippen molar-refractivity contribution in [1.82, 2.24) is 0 Å². The van der Waals surface area contributed by atoms with E-state index in [4.69, 9.17) is 18.9 Å². The molecule has 0 aromatic carbocycles. The fraction of sp³-hybridized carbons (Fsp3) is 0.881. The normalized spacial score (nSPS) is 33.1. The average Bonchev–Trinajstić information content (AvgIpc) is 4.31. The molecule has 8 nitrogen and oxygen atoms in total. The highest BCUT2D eigenvalue weighted by Gasteiger charge is 2.57. The van der Waals surface area contributed by atoms with Crippen molar-refractivity contribution < 1.29 is 38.1 Å². The summed E-state index contributed by atoms with van der Waals surface area (Å²) in [6, 6.07) is 0. The molecule has 0 spiro atoms. The van der Waals surface area contributed by atoms with Crippen molar-refractivity contribution in [3.63, 3.8) is 0 Å². The van der Waals surface area contributed by atoms with Crippen molar-refractivity contribution in [3.8, 4) is 0 Å². The summed E-state index contributed by atoms with van der Waals surface area (Å²) >= 11 is 0. The molecule has 0 heterocycles. The van der Waals surface area contributed by atoms with Crippen LogP contribution in [0.5, 0.6) is 0 Å². The van der Waals surface area contributed by atoms with Gasteiger partial charge in [-0.25, -0.2) is 9.59 Å². The highest BCUT2D eigenvalue weighted by molar-refractivity contribution is 5.86. The molecule has 7 saturated carbocycles. The minimum Gasteiger partial charge on any atom is -0.465 e. The molecule has 75 heavy (non-hydrogen) atoms. The first kappa shape index (κ1) is 60.0. The van der Waals surface area contributed by atoms with Crippen LogP contribution in [0.25, 0.3) is 0 Å². The molecule has 0 N–H and O–H groups in total. The zero-order chi connectivity index (χ0) is 52.9. The molecule has 8 heteroatoms. The Morgan fingerprint density at radius 2 is 0.827 bits per heavy atom. The Morgan fingerprint density at radius 1 is 0.427 bits per heavy atom. The first-order valence-corrected chi connectivity index (χ1v) is 32.5. The van der Waals surface area contributed by atoms with Gasteiger partial charge < -0.3 is 18.9 Å². The van der Waals surface area contributed by atoms with E-state index in [1.807, 2.05) is 0 Å². The molecular weight excluding hydrogens is 933 g/mol. The van der Waals surface area contributed by atoms with Crippen LogP contribution >= 0.6 is 0 Å². The molecule has 0 aliphatic heterocycles. The van der Waals surface area contributed by atoms with Crippen molar-refractivity contribution >= 4 is 23.9 Å². The predicted octanol–water partition coefficient (Wildman–Crippen LogP) is 17.0. The molecule has 7 rings (SSSR count). The van der Waals surface area contributed by atoms with E-state index in [2.05, 4.69) is 27.0 Å². The molecule has 7 aliphatic carbocycles. The zero-order valence-electron chi connectivity index (χ0n) is 48.3. The monoisotopic (exact) mass is 1040 g/mol. The van der Waals surface area contributed by atoms with Gasteiger partial charge in [-0.05, 0) is 192 Å². The summed E-state index contributed by atoms with van der Waals surface area (Å²) in [4.78, 5) is 49.5. The van der Waals surface area contributed by atoms with Crippen LogP contribution in [0.3, 0.4) is 0 Å². The molecule has 0 saturated heterocycles. The highest BCUT2D eigenvalue weighted by Crippen LogP contribution is 2.63. The lowest BCUT2D eigenvalue weighted by molar-refractivity contribution is -0.147. The molecule has 426 valence electrons. The second-order valence-electron chi connectivity index (χ2n) is 26.7. The summed E-state index contributed by atoms with van der Waals surface area (Å²) in [5.41, 5.74) is 0.475. The highest BCUT2D eigenvalue weighted by atomic mass is 16.5. The molecule has 12 unspecified atom stereocenters. The predicted molar refractivity (Wildman–Crippen MR) is 302 cm³/mol. The van der Waals surface area contributed by atoms with Gasteiger partial charge in [0.05, 0.1) is 26.4 Å². The number of ether oxygens (including phenoxy) is 4. The van der Waals surface area contributed by atoms with Gasteiger partial charge in [-0.2, -0.15) is 0 Å². The maximum absolute atomic E-state index is 13.0. The van der Waals surface area contributed by atoms with Crippen molar-refractivity contribution in [1.29, 1.82) is 0 Å². The van der Waals surface area contributed by atoms with E-state index in [-0.39, 0.29) is 23.9 Å². The minimum atomic E-state index is -0.312. The fourth-order valence-electron chi connectivity index (χ4n) is 18.0. The molecule has 16 atom stereocenters. The second kappa shape index (κ2) is 31.8. The molecule has 0 aromatic heterocycles. The summed E-state index contributed by atoms with van der Waals surface area (Å²) in [6.07, 6.45) is 46.2. The molecule has 0 radical (unpaired) electrons. The summed E-state index contributed by atoms with van der Waals surface area (Å²) in [7, 11) is 0. The van der Waals surface area contributed by atoms with E-state index >= 15 is 0 Å². The third-order valence-electron chi connectivity index (χ3n) is 21.6. The van der Waals surface area contributed by atoms with Crippen LogP contribution < -0.4 is 0 Å². The average molecular weight is 1040 g/mol. The molecule has 0 aromatic rings. The first-order valence-electron chi connectivity index (χ1n) is 32.5. The zero-order valence-corrected chi connectivity index (χ0v) is 48.3. The summed E-state index contributed by atoms with van der Waals surface area (Å²) in [5.74, 6) is 10.7. The third-order valence-corrected chi connectivity index (χ3v) is 21.6. The van der Waals surface area contributed by atoms with E-state index in [9.17, 15) is 19.2 Å². The van der Waals surface area contributed by atoms with E-state index in [0.717, 1.165) is 85.9 Å². The van der Waals surface area contributed by atoms with Crippen LogP contribution in [0.1, 0.15) is 252 Å². The Balaban J connectivity index is 0.780. The number of hydrogen-bond donors (Lipinski definition) is 0. The van der Waals surface area contributed by atoms with Crippen molar-refractivity contribution in [2.24, 2.45) is 94.7 Å². The van der Waals surface area contributed by atoms with Crippen LogP contribution in [0.2, 0.25) is 0 Å². The van der Waals surface area contributed by atoms with Gasteiger partial charge in [0.25, 0.3) is 0 Å². The number of hydrogen-bond acceptors (Lipinski definition) is 8. The summed E-state index contributed by atoms with van der Waals surface area (Å²) in [6.45, 7) is 15.9. The molecule has 4 bridgehead atoms. The Labute approximate surface area is 458 Å². The van der Waals surface area contributed by atoms with Gasteiger partial charge in [0.15, 0.2) is 0 Å². The lowest BCUT2D eigenvalue weighted by atomic mass is 9.61. The molecule has 0 amide bonds. The van der Waals surface area contributed by atoms with Crippen LogP contribution in [-0.2, 0) is 38.1 Å². The Hall–Kier alpha value is -2.64. The Bertz CT molecular complexity index is 1760. The van der Waals surface area contributed by atoms with E-state index in [1.165, 1.54) is 186 Å². The van der Waals surface area contributed by atoms with Gasteiger partial charge in [-0.3, -0.25) is 9.59 Å². The Kier molecular flexibility index (Phi) is 25.5. The number of unbranched alkanes of at least 4 members (excludes halogenated alkanes) is 16.